The lowest BCUT2D eigenvalue weighted by atomic mass is 9.77. The van der Waals surface area contributed by atoms with E-state index in [0.29, 0.717) is 6.42 Å². The minimum absolute atomic E-state index is 0.155. The Morgan fingerprint density at radius 1 is 1.31 bits per heavy atom. The molecule has 0 bridgehead atoms. The lowest BCUT2D eigenvalue weighted by Crippen LogP contribution is -2.48. The average molecular weight is 223 g/mol. The molecule has 16 heavy (non-hydrogen) atoms. The molecule has 4 heteroatoms. The van der Waals surface area contributed by atoms with Gasteiger partial charge in [0.25, 0.3) is 0 Å². The highest BCUT2D eigenvalue weighted by Gasteiger charge is 2.36. The van der Waals surface area contributed by atoms with Gasteiger partial charge in [0.15, 0.2) is 5.78 Å². The first-order valence-corrected chi connectivity index (χ1v) is 5.69. The highest BCUT2D eigenvalue weighted by molar-refractivity contribution is 6.39. The molecular formula is C12H20BO3. The normalized spacial score (nSPS) is 18.3. The van der Waals surface area contributed by atoms with Crippen molar-refractivity contribution in [2.24, 2.45) is 0 Å². The van der Waals surface area contributed by atoms with Crippen LogP contribution in [-0.4, -0.2) is 29.6 Å². The Morgan fingerprint density at radius 3 is 2.44 bits per heavy atom. The van der Waals surface area contributed by atoms with E-state index in [4.69, 9.17) is 4.65 Å². The first-order chi connectivity index (χ1) is 7.22. The van der Waals surface area contributed by atoms with Crippen molar-refractivity contribution in [1.82, 2.24) is 0 Å². The molecule has 0 spiro atoms. The van der Waals surface area contributed by atoms with Gasteiger partial charge in [-0.1, -0.05) is 5.47 Å². The Kier molecular flexibility index (Phi) is 3.97. The fourth-order valence-electron chi connectivity index (χ4n) is 1.28. The topological polar surface area (TPSA) is 46.5 Å². The van der Waals surface area contributed by atoms with Gasteiger partial charge in [-0.05, 0) is 46.6 Å². The van der Waals surface area contributed by atoms with Crippen LogP contribution in [0.15, 0.2) is 11.5 Å². The molecule has 0 unspecified atom stereocenters. The van der Waals surface area contributed by atoms with E-state index in [1.165, 1.54) is 0 Å². The molecule has 0 saturated carbocycles. The molecular weight excluding hydrogens is 203 g/mol. The van der Waals surface area contributed by atoms with Crippen LogP contribution in [0.5, 0.6) is 0 Å². The molecule has 0 atom stereocenters. The lowest BCUT2D eigenvalue weighted by molar-refractivity contribution is -0.115. The Bertz CT molecular complexity index is 300. The van der Waals surface area contributed by atoms with E-state index < -0.39 is 11.2 Å². The maximum atomic E-state index is 11.2. The molecule has 1 N–H and O–H groups in total. The largest absolute Gasteiger partial charge is 0.427 e. The van der Waals surface area contributed by atoms with Gasteiger partial charge >= 0.3 is 7.48 Å². The lowest BCUT2D eigenvalue weighted by Gasteiger charge is -2.37. The van der Waals surface area contributed by atoms with Crippen LogP contribution in [0.4, 0.5) is 0 Å². The summed E-state index contributed by atoms with van der Waals surface area (Å²) < 4.78 is 5.59. The van der Waals surface area contributed by atoms with E-state index in [9.17, 15) is 9.90 Å². The minimum Gasteiger partial charge on any atom is -0.427 e. The van der Waals surface area contributed by atoms with Gasteiger partial charge in [-0.25, -0.2) is 0 Å². The Morgan fingerprint density at radius 2 is 1.94 bits per heavy atom. The molecule has 0 aromatic heterocycles. The van der Waals surface area contributed by atoms with Gasteiger partial charge in [0.1, 0.15) is 0 Å². The summed E-state index contributed by atoms with van der Waals surface area (Å²) in [5, 5.41) is 9.90. The maximum Gasteiger partial charge on any atom is 0.326 e. The van der Waals surface area contributed by atoms with Crippen LogP contribution >= 0.6 is 0 Å². The molecule has 89 valence electrons. The molecule has 1 radical (unpaired) electrons. The summed E-state index contributed by atoms with van der Waals surface area (Å²) in [6, 6.07) is 0. The number of hydrogen-bond acceptors (Lipinski definition) is 3. The summed E-state index contributed by atoms with van der Waals surface area (Å²) in [7, 11) is 1.61. The Balaban J connectivity index is 2.54. The monoisotopic (exact) mass is 223 g/mol. The first kappa shape index (κ1) is 13.5. The number of rotatable bonds is 4. The van der Waals surface area contributed by atoms with Crippen LogP contribution < -0.4 is 0 Å². The van der Waals surface area contributed by atoms with Crippen molar-refractivity contribution in [3.05, 3.63) is 11.5 Å². The van der Waals surface area contributed by atoms with E-state index in [2.05, 4.69) is 0 Å². The first-order valence-electron chi connectivity index (χ1n) is 5.69. The SMILES string of the molecule is CC(C)(O)C(C)(C)O[B]C1=CC(=O)CCC1. The van der Waals surface area contributed by atoms with Crippen LogP contribution in [-0.2, 0) is 9.45 Å². The molecule has 0 saturated heterocycles. The zero-order valence-electron chi connectivity index (χ0n) is 10.5. The maximum absolute atomic E-state index is 11.2. The van der Waals surface area contributed by atoms with Crippen LogP contribution in [0.2, 0.25) is 0 Å². The third-order valence-corrected chi connectivity index (χ3v) is 3.21. The molecule has 3 nitrogen and oxygen atoms in total. The molecule has 1 aliphatic carbocycles. The van der Waals surface area contributed by atoms with Crippen LogP contribution in [0, 0.1) is 0 Å². The quantitative estimate of drug-likeness (QED) is 0.739. The second kappa shape index (κ2) is 4.72. The summed E-state index contributed by atoms with van der Waals surface area (Å²) in [6.07, 6.45) is 4.01. The van der Waals surface area contributed by atoms with Gasteiger partial charge in [0.05, 0.1) is 11.2 Å². The van der Waals surface area contributed by atoms with Crippen LogP contribution in [0.25, 0.3) is 0 Å². The second-order valence-electron chi connectivity index (χ2n) is 5.34. The van der Waals surface area contributed by atoms with Gasteiger partial charge < -0.3 is 9.76 Å². The number of hydrogen-bond donors (Lipinski definition) is 1. The number of carbonyl (C=O) groups is 1. The summed E-state index contributed by atoms with van der Waals surface area (Å²) in [6.45, 7) is 7.08. The van der Waals surface area contributed by atoms with Crippen molar-refractivity contribution in [1.29, 1.82) is 0 Å². The van der Waals surface area contributed by atoms with Gasteiger partial charge in [0, 0.05) is 6.42 Å². The predicted octanol–water partition coefficient (Wildman–Crippen LogP) is 1.81. The van der Waals surface area contributed by atoms with Crippen molar-refractivity contribution >= 4 is 13.3 Å². The van der Waals surface area contributed by atoms with E-state index in [-0.39, 0.29) is 5.78 Å². The van der Waals surface area contributed by atoms with Crippen molar-refractivity contribution < 1.29 is 14.6 Å². The Hall–Kier alpha value is -0.605. The molecule has 0 aliphatic heterocycles. The molecule has 0 fully saturated rings. The van der Waals surface area contributed by atoms with Gasteiger partial charge in [0.2, 0.25) is 0 Å². The second-order valence-corrected chi connectivity index (χ2v) is 5.34. The summed E-state index contributed by atoms with van der Waals surface area (Å²) >= 11 is 0. The van der Waals surface area contributed by atoms with E-state index in [0.717, 1.165) is 18.3 Å². The van der Waals surface area contributed by atoms with Gasteiger partial charge in [-0.15, -0.1) is 0 Å². The third kappa shape index (κ3) is 3.46. The van der Waals surface area contributed by atoms with Crippen molar-refractivity contribution in [3.8, 4) is 0 Å². The van der Waals surface area contributed by atoms with E-state index in [1.54, 1.807) is 27.4 Å². The third-order valence-electron chi connectivity index (χ3n) is 3.21. The van der Waals surface area contributed by atoms with Crippen molar-refractivity contribution in [2.45, 2.75) is 58.2 Å². The smallest absolute Gasteiger partial charge is 0.326 e. The molecule has 0 aromatic rings. The van der Waals surface area contributed by atoms with Crippen LogP contribution in [0.1, 0.15) is 47.0 Å². The number of ketones is 1. The molecule has 0 heterocycles. The number of carbonyl (C=O) groups excluding carboxylic acids is 1. The van der Waals surface area contributed by atoms with E-state index in [1.807, 2.05) is 13.8 Å². The molecule has 1 aliphatic rings. The highest BCUT2D eigenvalue weighted by atomic mass is 16.5. The number of aliphatic hydroxyl groups is 1. The number of allylic oxidation sites excluding steroid dienone is 2. The van der Waals surface area contributed by atoms with Gasteiger partial charge in [-0.2, -0.15) is 0 Å². The van der Waals surface area contributed by atoms with Crippen molar-refractivity contribution in [3.63, 3.8) is 0 Å². The molecule has 1 rings (SSSR count). The fraction of sp³-hybridized carbons (Fsp3) is 0.750. The summed E-state index contributed by atoms with van der Waals surface area (Å²) in [5.74, 6) is 0.155. The van der Waals surface area contributed by atoms with Crippen LogP contribution in [0.3, 0.4) is 0 Å². The summed E-state index contributed by atoms with van der Waals surface area (Å²) in [5.41, 5.74) is -0.689. The average Bonchev–Trinajstić information content (AvgIpc) is 2.13. The summed E-state index contributed by atoms with van der Waals surface area (Å²) in [4.78, 5) is 11.2. The molecule has 0 amide bonds. The highest BCUT2D eigenvalue weighted by Crippen LogP contribution is 2.26. The molecule has 0 aromatic carbocycles. The van der Waals surface area contributed by atoms with Crippen molar-refractivity contribution in [2.75, 3.05) is 0 Å². The van der Waals surface area contributed by atoms with E-state index >= 15 is 0 Å². The predicted molar refractivity (Wildman–Crippen MR) is 64.2 cm³/mol. The fourth-order valence-corrected chi connectivity index (χ4v) is 1.28. The standard InChI is InChI=1S/C12H20BO3/c1-11(2,15)12(3,4)16-13-9-6-5-7-10(14)8-9/h8,15H,5-7H2,1-4H3. The van der Waals surface area contributed by atoms with Gasteiger partial charge in [-0.3, -0.25) is 4.79 Å². The Labute approximate surface area is 98.1 Å². The zero-order chi connectivity index (χ0) is 12.4. The zero-order valence-corrected chi connectivity index (χ0v) is 10.5. The minimum atomic E-state index is -0.928.